The van der Waals surface area contributed by atoms with E-state index in [1.165, 1.54) is 19.3 Å². The van der Waals surface area contributed by atoms with Gasteiger partial charge in [0.25, 0.3) is 0 Å². The average molecular weight is 228 g/mol. The van der Waals surface area contributed by atoms with Crippen LogP contribution in [0.5, 0.6) is 0 Å². The molecular weight excluding hydrogens is 204 g/mol. The number of hydrogen-bond acceptors (Lipinski definition) is 3. The third-order valence-electron chi connectivity index (χ3n) is 3.15. The van der Waals surface area contributed by atoms with Crippen molar-refractivity contribution in [1.82, 2.24) is 10.6 Å². The number of ether oxygens (including phenoxy) is 1. The minimum atomic E-state index is 0.0584. The van der Waals surface area contributed by atoms with E-state index in [0.29, 0.717) is 19.7 Å². The summed E-state index contributed by atoms with van der Waals surface area (Å²) in [5, 5.41) is 6.01. The third-order valence-corrected chi connectivity index (χ3v) is 3.15. The maximum Gasteiger partial charge on any atom is 0.234 e. The molecule has 1 rings (SSSR count). The number of nitrogens with one attached hydrogen (secondary N) is 2. The Labute approximate surface area is 98.1 Å². The summed E-state index contributed by atoms with van der Waals surface area (Å²) in [4.78, 5) is 11.3. The quantitative estimate of drug-likeness (QED) is 0.633. The number of rotatable bonds is 7. The summed E-state index contributed by atoms with van der Waals surface area (Å²) in [7, 11) is 1.63. The highest BCUT2D eigenvalue weighted by Gasteiger charge is 2.20. The normalized spacial score (nSPS) is 24.6. The first-order valence-corrected chi connectivity index (χ1v) is 6.18. The Balaban J connectivity index is 1.96. The van der Waals surface area contributed by atoms with Crippen LogP contribution in [0.2, 0.25) is 0 Å². The lowest BCUT2D eigenvalue weighted by Crippen LogP contribution is -2.37. The average Bonchev–Trinajstić information content (AvgIpc) is 2.65. The van der Waals surface area contributed by atoms with Crippen LogP contribution in [0.3, 0.4) is 0 Å². The summed E-state index contributed by atoms with van der Waals surface area (Å²) in [5.74, 6) is 1.69. The Morgan fingerprint density at radius 1 is 1.44 bits per heavy atom. The predicted octanol–water partition coefficient (Wildman–Crippen LogP) is 0.775. The Kier molecular flexibility index (Phi) is 6.42. The molecule has 4 heteroatoms. The molecule has 1 aliphatic carbocycles. The summed E-state index contributed by atoms with van der Waals surface area (Å²) in [6.07, 6.45) is 3.95. The van der Waals surface area contributed by atoms with Crippen molar-refractivity contribution in [3.8, 4) is 0 Å². The SMILES string of the molecule is COCCNC(=O)CNCC1CCC(C)C1. The molecule has 0 aliphatic heterocycles. The van der Waals surface area contributed by atoms with E-state index in [0.717, 1.165) is 18.4 Å². The molecule has 1 saturated carbocycles. The predicted molar refractivity (Wildman–Crippen MR) is 64.3 cm³/mol. The van der Waals surface area contributed by atoms with Gasteiger partial charge in [0.15, 0.2) is 0 Å². The van der Waals surface area contributed by atoms with Gasteiger partial charge in [0, 0.05) is 13.7 Å². The maximum atomic E-state index is 11.3. The van der Waals surface area contributed by atoms with Gasteiger partial charge in [0.2, 0.25) is 5.91 Å². The van der Waals surface area contributed by atoms with Gasteiger partial charge in [-0.2, -0.15) is 0 Å². The minimum absolute atomic E-state index is 0.0584. The lowest BCUT2D eigenvalue weighted by Gasteiger charge is -2.11. The molecule has 0 aromatic heterocycles. The van der Waals surface area contributed by atoms with E-state index in [2.05, 4.69) is 17.6 Å². The Morgan fingerprint density at radius 3 is 2.88 bits per heavy atom. The number of carbonyl (C=O) groups excluding carboxylic acids is 1. The van der Waals surface area contributed by atoms with E-state index in [4.69, 9.17) is 4.74 Å². The van der Waals surface area contributed by atoms with Gasteiger partial charge >= 0.3 is 0 Å². The molecule has 1 aliphatic rings. The largest absolute Gasteiger partial charge is 0.383 e. The van der Waals surface area contributed by atoms with Gasteiger partial charge in [-0.1, -0.05) is 13.3 Å². The van der Waals surface area contributed by atoms with Gasteiger partial charge in [-0.15, -0.1) is 0 Å². The molecule has 2 unspecified atom stereocenters. The summed E-state index contributed by atoms with van der Waals surface area (Å²) >= 11 is 0. The zero-order chi connectivity index (χ0) is 11.8. The monoisotopic (exact) mass is 228 g/mol. The van der Waals surface area contributed by atoms with Crippen LogP contribution in [0.25, 0.3) is 0 Å². The van der Waals surface area contributed by atoms with Gasteiger partial charge in [0.1, 0.15) is 0 Å². The molecule has 16 heavy (non-hydrogen) atoms. The van der Waals surface area contributed by atoms with Gasteiger partial charge < -0.3 is 15.4 Å². The van der Waals surface area contributed by atoms with E-state index in [1.807, 2.05) is 0 Å². The molecule has 0 spiro atoms. The highest BCUT2D eigenvalue weighted by atomic mass is 16.5. The second kappa shape index (κ2) is 7.63. The molecule has 0 aromatic rings. The number of hydrogen-bond donors (Lipinski definition) is 2. The summed E-state index contributed by atoms with van der Waals surface area (Å²) in [5.41, 5.74) is 0. The van der Waals surface area contributed by atoms with E-state index >= 15 is 0 Å². The maximum absolute atomic E-state index is 11.3. The molecule has 0 aromatic carbocycles. The Morgan fingerprint density at radius 2 is 2.25 bits per heavy atom. The number of amides is 1. The molecule has 0 heterocycles. The van der Waals surface area contributed by atoms with E-state index in [9.17, 15) is 4.79 Å². The van der Waals surface area contributed by atoms with Crippen LogP contribution in [0.1, 0.15) is 26.2 Å². The van der Waals surface area contributed by atoms with Crippen LogP contribution in [0.4, 0.5) is 0 Å². The second-order valence-corrected chi connectivity index (χ2v) is 4.76. The second-order valence-electron chi connectivity index (χ2n) is 4.76. The smallest absolute Gasteiger partial charge is 0.234 e. The molecule has 1 amide bonds. The van der Waals surface area contributed by atoms with Crippen LogP contribution in [-0.2, 0) is 9.53 Å². The standard InChI is InChI=1S/C12H24N2O2/c1-10-3-4-11(7-10)8-13-9-12(15)14-5-6-16-2/h10-11,13H,3-9H2,1-2H3,(H,14,15). The van der Waals surface area contributed by atoms with Crippen LogP contribution in [0, 0.1) is 11.8 Å². The molecular formula is C12H24N2O2. The number of methoxy groups -OCH3 is 1. The summed E-state index contributed by atoms with van der Waals surface area (Å²) in [6.45, 7) is 4.87. The molecule has 2 N–H and O–H groups in total. The fourth-order valence-corrected chi connectivity index (χ4v) is 2.26. The summed E-state index contributed by atoms with van der Waals surface area (Å²) < 4.78 is 4.85. The molecule has 4 nitrogen and oxygen atoms in total. The first-order valence-electron chi connectivity index (χ1n) is 6.18. The highest BCUT2D eigenvalue weighted by molar-refractivity contribution is 5.77. The van der Waals surface area contributed by atoms with E-state index in [1.54, 1.807) is 7.11 Å². The van der Waals surface area contributed by atoms with Crippen molar-refractivity contribution < 1.29 is 9.53 Å². The van der Waals surface area contributed by atoms with Crippen LogP contribution >= 0.6 is 0 Å². The van der Waals surface area contributed by atoms with Crippen molar-refractivity contribution in [3.63, 3.8) is 0 Å². The van der Waals surface area contributed by atoms with Crippen molar-refractivity contribution in [2.45, 2.75) is 26.2 Å². The number of carbonyl (C=O) groups is 1. The molecule has 0 radical (unpaired) electrons. The van der Waals surface area contributed by atoms with Crippen molar-refractivity contribution in [2.75, 3.05) is 33.4 Å². The van der Waals surface area contributed by atoms with Crippen LogP contribution in [-0.4, -0.2) is 39.3 Å². The molecule has 0 bridgehead atoms. The van der Waals surface area contributed by atoms with Crippen LogP contribution < -0.4 is 10.6 Å². The third kappa shape index (κ3) is 5.47. The first kappa shape index (κ1) is 13.5. The van der Waals surface area contributed by atoms with Gasteiger partial charge in [-0.25, -0.2) is 0 Å². The zero-order valence-electron chi connectivity index (χ0n) is 10.4. The van der Waals surface area contributed by atoms with Gasteiger partial charge in [-0.05, 0) is 31.2 Å². The lowest BCUT2D eigenvalue weighted by atomic mass is 10.1. The molecule has 0 saturated heterocycles. The van der Waals surface area contributed by atoms with Crippen molar-refractivity contribution in [1.29, 1.82) is 0 Å². The summed E-state index contributed by atoms with van der Waals surface area (Å²) in [6, 6.07) is 0. The zero-order valence-corrected chi connectivity index (χ0v) is 10.4. The Hall–Kier alpha value is -0.610. The van der Waals surface area contributed by atoms with E-state index < -0.39 is 0 Å². The fraction of sp³-hybridized carbons (Fsp3) is 0.917. The first-order chi connectivity index (χ1) is 7.72. The van der Waals surface area contributed by atoms with Crippen molar-refractivity contribution >= 4 is 5.91 Å². The lowest BCUT2D eigenvalue weighted by molar-refractivity contribution is -0.120. The molecule has 2 atom stereocenters. The fourth-order valence-electron chi connectivity index (χ4n) is 2.26. The van der Waals surface area contributed by atoms with Crippen molar-refractivity contribution in [3.05, 3.63) is 0 Å². The van der Waals surface area contributed by atoms with Crippen LogP contribution in [0.15, 0.2) is 0 Å². The van der Waals surface area contributed by atoms with E-state index in [-0.39, 0.29) is 5.91 Å². The molecule has 94 valence electrons. The molecule has 1 fully saturated rings. The minimum Gasteiger partial charge on any atom is -0.383 e. The topological polar surface area (TPSA) is 50.4 Å². The van der Waals surface area contributed by atoms with Gasteiger partial charge in [-0.3, -0.25) is 4.79 Å². The highest BCUT2D eigenvalue weighted by Crippen LogP contribution is 2.29. The Bertz CT molecular complexity index is 209. The van der Waals surface area contributed by atoms with Gasteiger partial charge in [0.05, 0.1) is 13.2 Å². The van der Waals surface area contributed by atoms with Crippen molar-refractivity contribution in [2.24, 2.45) is 11.8 Å².